The van der Waals surface area contributed by atoms with Crippen molar-refractivity contribution in [2.75, 3.05) is 5.75 Å². The topological polar surface area (TPSA) is 60.4 Å². The minimum absolute atomic E-state index is 0.213. The molecule has 7 heteroatoms. The highest BCUT2D eigenvalue weighted by molar-refractivity contribution is 7.86. The maximum Gasteiger partial charge on any atom is 0.297 e. The summed E-state index contributed by atoms with van der Waals surface area (Å²) in [6, 6.07) is 4.02. The lowest BCUT2D eigenvalue weighted by Crippen LogP contribution is -2.05. The third-order valence-corrected chi connectivity index (χ3v) is 6.96. The molecular weight excluding hydrogens is 435 g/mol. The van der Waals surface area contributed by atoms with Crippen LogP contribution in [0.15, 0.2) is 17.5 Å². The van der Waals surface area contributed by atoms with E-state index in [1.165, 1.54) is 49.8 Å². The molecule has 4 nitrogen and oxygen atoms in total. The van der Waals surface area contributed by atoms with E-state index < -0.39 is 10.1 Å². The monoisotopic (exact) mass is 478 g/mol. The van der Waals surface area contributed by atoms with Gasteiger partial charge in [-0.05, 0) is 28.8 Å². The molecule has 1 aromatic heterocycles. The number of halogens is 1. The van der Waals surface area contributed by atoms with Gasteiger partial charge in [0.25, 0.3) is 10.1 Å². The zero-order chi connectivity index (χ0) is 23.2. The zero-order valence-corrected chi connectivity index (χ0v) is 21.2. The fourth-order valence-electron chi connectivity index (χ4n) is 3.22. The Hall–Kier alpha value is -0.790. The molecule has 0 spiro atoms. The molecule has 0 unspecified atom stereocenters. The van der Waals surface area contributed by atoms with Gasteiger partial charge in [-0.2, -0.15) is 8.42 Å². The average molecular weight is 479 g/mol. The lowest BCUT2D eigenvalue weighted by atomic mass is 10.0. The Morgan fingerprint density at radius 3 is 1.97 bits per heavy atom. The number of carbonyl (C=O) groups is 1. The smallest absolute Gasteiger partial charge is 0.297 e. The predicted octanol–water partition coefficient (Wildman–Crippen LogP) is 7.97. The first-order valence-electron chi connectivity index (χ1n) is 12.0. The normalized spacial score (nSPS) is 13.5. The summed E-state index contributed by atoms with van der Waals surface area (Å²) >= 11 is 1.66. The van der Waals surface area contributed by atoms with Crippen LogP contribution < -0.4 is 0 Å². The van der Waals surface area contributed by atoms with Gasteiger partial charge in [0, 0.05) is 17.7 Å². The molecule has 1 aliphatic rings. The number of hydrogen-bond donors (Lipinski definition) is 0. The quantitative estimate of drug-likeness (QED) is 0.270. The molecule has 0 aromatic carbocycles. The molecule has 0 amide bonds. The highest BCUT2D eigenvalue weighted by atomic mass is 32.2. The summed E-state index contributed by atoms with van der Waals surface area (Å²) in [5.74, 6) is 0.162. The first kappa shape index (κ1) is 30.2. The van der Waals surface area contributed by atoms with Crippen molar-refractivity contribution in [3.8, 4) is 0 Å². The van der Waals surface area contributed by atoms with E-state index in [0.717, 1.165) is 44.9 Å². The first-order chi connectivity index (χ1) is 14.9. The number of Topliss-reactive ketones (excluding diaryl/α,β-unsaturated/α-hetero) is 1. The summed E-state index contributed by atoms with van der Waals surface area (Å²) in [5.41, 5.74) is 0. The SMILES string of the molecule is C1CCCCC1.CCCCC(=O)Cc1cccs1.CCCCCCCCS(=O)(=O)OF. The summed E-state index contributed by atoms with van der Waals surface area (Å²) in [4.78, 5) is 12.5. The van der Waals surface area contributed by atoms with Crippen molar-refractivity contribution in [1.29, 1.82) is 0 Å². The number of rotatable bonds is 13. The standard InChI is InChI=1S/C10H14OS.C8H17FO3S.C6H12/c1-2-3-5-9(11)8-10-6-4-7-12-10;1-2-3-4-5-6-7-8-13(10,11)12-9;1-2-4-6-5-3-1/h4,6-7H,2-3,5,8H2,1H3;2-8H2,1H3;1-6H2. The summed E-state index contributed by atoms with van der Waals surface area (Å²) in [7, 11) is -3.88. The van der Waals surface area contributed by atoms with Gasteiger partial charge in [0.05, 0.1) is 5.75 Å². The minimum atomic E-state index is -3.88. The molecule has 0 radical (unpaired) electrons. The second kappa shape index (κ2) is 21.1. The van der Waals surface area contributed by atoms with Gasteiger partial charge >= 0.3 is 0 Å². The van der Waals surface area contributed by atoms with Gasteiger partial charge in [-0.1, -0.05) is 101 Å². The van der Waals surface area contributed by atoms with Crippen LogP contribution in [0.25, 0.3) is 0 Å². The second-order valence-electron chi connectivity index (χ2n) is 8.11. The molecule has 0 N–H and O–H groups in total. The van der Waals surface area contributed by atoms with E-state index in [1.54, 1.807) is 11.3 Å². The summed E-state index contributed by atoms with van der Waals surface area (Å²) in [6.45, 7) is 4.22. The Labute approximate surface area is 194 Å². The van der Waals surface area contributed by atoms with E-state index in [0.29, 0.717) is 18.6 Å². The van der Waals surface area contributed by atoms with Crippen molar-refractivity contribution in [3.63, 3.8) is 0 Å². The Balaban J connectivity index is 0.000000461. The third-order valence-electron chi connectivity index (χ3n) is 5.10. The van der Waals surface area contributed by atoms with Gasteiger partial charge in [0.1, 0.15) is 5.78 Å². The molecule has 0 aliphatic heterocycles. The van der Waals surface area contributed by atoms with Crippen molar-refractivity contribution < 1.29 is 22.1 Å². The van der Waals surface area contributed by atoms with Crippen LogP contribution in [0.5, 0.6) is 0 Å². The fraction of sp³-hybridized carbons (Fsp3) is 0.792. The molecule has 1 aromatic rings. The van der Waals surface area contributed by atoms with E-state index in [2.05, 4.69) is 18.2 Å². The highest BCUT2D eigenvalue weighted by Crippen LogP contribution is 2.15. The van der Waals surface area contributed by atoms with E-state index >= 15 is 0 Å². The summed E-state index contributed by atoms with van der Waals surface area (Å²) < 4.78 is 35.1. The van der Waals surface area contributed by atoms with Crippen molar-refractivity contribution in [2.24, 2.45) is 0 Å². The fourth-order valence-corrected chi connectivity index (χ4v) is 4.58. The molecule has 0 bridgehead atoms. The molecule has 0 saturated heterocycles. The molecule has 0 atom stereocenters. The van der Waals surface area contributed by atoms with Crippen LogP contribution in [0.4, 0.5) is 4.53 Å². The number of ketones is 1. The minimum Gasteiger partial charge on any atom is -0.299 e. The maximum atomic E-state index is 11.3. The Morgan fingerprint density at radius 1 is 0.935 bits per heavy atom. The Kier molecular flexibility index (Phi) is 20.5. The van der Waals surface area contributed by atoms with Gasteiger partial charge in [-0.15, -0.1) is 11.3 Å². The Bertz CT molecular complexity index is 600. The zero-order valence-electron chi connectivity index (χ0n) is 19.6. The lowest BCUT2D eigenvalue weighted by molar-refractivity contribution is -0.118. The van der Waals surface area contributed by atoms with Crippen LogP contribution in [-0.4, -0.2) is 20.0 Å². The third kappa shape index (κ3) is 20.8. The van der Waals surface area contributed by atoms with Crippen molar-refractivity contribution in [1.82, 2.24) is 0 Å². The molecule has 1 aliphatic carbocycles. The number of hydrogen-bond acceptors (Lipinski definition) is 5. The number of thiophene rings is 1. The van der Waals surface area contributed by atoms with Gasteiger partial charge in [-0.3, -0.25) is 4.79 Å². The lowest BCUT2D eigenvalue weighted by Gasteiger charge is -2.05. The molecular formula is C24H43FO4S2. The number of unbranched alkanes of at least 4 members (excludes halogenated alkanes) is 6. The molecule has 1 heterocycles. The van der Waals surface area contributed by atoms with Crippen molar-refractivity contribution in [2.45, 2.75) is 117 Å². The average Bonchev–Trinajstić information content (AvgIpc) is 3.30. The predicted molar refractivity (Wildman–Crippen MR) is 130 cm³/mol. The van der Waals surface area contributed by atoms with Crippen LogP contribution in [0.2, 0.25) is 0 Å². The van der Waals surface area contributed by atoms with Gasteiger partial charge < -0.3 is 0 Å². The van der Waals surface area contributed by atoms with Gasteiger partial charge in [-0.25, -0.2) is 0 Å². The highest BCUT2D eigenvalue weighted by Gasteiger charge is 2.10. The van der Waals surface area contributed by atoms with Crippen LogP contribution in [-0.2, 0) is 25.7 Å². The van der Waals surface area contributed by atoms with Crippen LogP contribution in [0.3, 0.4) is 0 Å². The van der Waals surface area contributed by atoms with Gasteiger partial charge in [0.15, 0.2) is 0 Å². The van der Waals surface area contributed by atoms with E-state index in [4.69, 9.17) is 0 Å². The first-order valence-corrected chi connectivity index (χ1v) is 14.5. The molecule has 1 saturated carbocycles. The Morgan fingerprint density at radius 2 is 1.48 bits per heavy atom. The van der Waals surface area contributed by atoms with Crippen molar-refractivity contribution in [3.05, 3.63) is 22.4 Å². The van der Waals surface area contributed by atoms with E-state index in [-0.39, 0.29) is 5.75 Å². The molecule has 1 fully saturated rings. The van der Waals surface area contributed by atoms with Gasteiger partial charge in [0.2, 0.25) is 0 Å². The van der Waals surface area contributed by atoms with Crippen molar-refractivity contribution >= 4 is 27.2 Å². The summed E-state index contributed by atoms with van der Waals surface area (Å²) in [5, 5.41) is 2.02. The van der Waals surface area contributed by atoms with Crippen LogP contribution >= 0.6 is 11.3 Å². The number of carbonyl (C=O) groups excluding carboxylic acids is 1. The summed E-state index contributed by atoms with van der Waals surface area (Å²) in [6.07, 6.45) is 18.3. The second-order valence-corrected chi connectivity index (χ2v) is 10.8. The molecule has 31 heavy (non-hydrogen) atoms. The largest absolute Gasteiger partial charge is 0.299 e. The van der Waals surface area contributed by atoms with Crippen LogP contribution in [0.1, 0.15) is 115 Å². The van der Waals surface area contributed by atoms with E-state index in [9.17, 15) is 17.7 Å². The maximum absolute atomic E-state index is 11.3. The van der Waals surface area contributed by atoms with E-state index in [1.807, 2.05) is 17.5 Å². The van der Waals surface area contributed by atoms with Crippen LogP contribution in [0, 0.1) is 0 Å². The molecule has 2 rings (SSSR count). The molecule has 182 valence electrons.